The SMILES string of the molecule is CCCC1NC(=O)C(C)N(c2ccc(F)cc2C)C1=O. The summed E-state index contributed by atoms with van der Waals surface area (Å²) < 4.78 is 13.2. The van der Waals surface area contributed by atoms with E-state index in [1.54, 1.807) is 19.9 Å². The average molecular weight is 278 g/mol. The minimum atomic E-state index is -0.584. The van der Waals surface area contributed by atoms with Gasteiger partial charge in [0, 0.05) is 5.69 Å². The molecule has 0 saturated carbocycles. The van der Waals surface area contributed by atoms with Crippen molar-refractivity contribution >= 4 is 17.5 Å². The third kappa shape index (κ3) is 2.53. The number of amides is 2. The lowest BCUT2D eigenvalue weighted by molar-refractivity contribution is -0.133. The first kappa shape index (κ1) is 14.5. The molecule has 1 aliphatic rings. The highest BCUT2D eigenvalue weighted by Gasteiger charge is 2.38. The maximum absolute atomic E-state index is 13.2. The van der Waals surface area contributed by atoms with E-state index in [0.717, 1.165) is 6.42 Å². The third-order valence-electron chi connectivity index (χ3n) is 3.61. The van der Waals surface area contributed by atoms with Gasteiger partial charge in [-0.25, -0.2) is 4.39 Å². The van der Waals surface area contributed by atoms with Crippen molar-refractivity contribution in [1.82, 2.24) is 5.32 Å². The van der Waals surface area contributed by atoms with Gasteiger partial charge < -0.3 is 5.32 Å². The Bertz CT molecular complexity index is 545. The molecule has 5 heteroatoms. The summed E-state index contributed by atoms with van der Waals surface area (Å²) in [5, 5.41) is 2.74. The Morgan fingerprint density at radius 1 is 1.35 bits per heavy atom. The number of hydrogen-bond donors (Lipinski definition) is 1. The van der Waals surface area contributed by atoms with E-state index < -0.39 is 12.1 Å². The number of piperazine rings is 1. The Balaban J connectivity index is 2.40. The second-order valence-electron chi connectivity index (χ2n) is 5.16. The van der Waals surface area contributed by atoms with Crippen molar-refractivity contribution in [3.8, 4) is 0 Å². The first-order valence-corrected chi connectivity index (χ1v) is 6.85. The van der Waals surface area contributed by atoms with Crippen molar-refractivity contribution in [2.75, 3.05) is 4.90 Å². The molecule has 1 saturated heterocycles. The molecule has 20 heavy (non-hydrogen) atoms. The van der Waals surface area contributed by atoms with Gasteiger partial charge in [-0.2, -0.15) is 0 Å². The van der Waals surface area contributed by atoms with E-state index in [1.807, 2.05) is 6.92 Å². The number of hydrogen-bond acceptors (Lipinski definition) is 2. The number of benzene rings is 1. The summed E-state index contributed by atoms with van der Waals surface area (Å²) in [6.07, 6.45) is 1.41. The minimum absolute atomic E-state index is 0.131. The fourth-order valence-corrected chi connectivity index (χ4v) is 2.53. The summed E-state index contributed by atoms with van der Waals surface area (Å²) in [4.78, 5) is 26.0. The molecule has 0 spiro atoms. The molecule has 0 aliphatic carbocycles. The third-order valence-corrected chi connectivity index (χ3v) is 3.61. The van der Waals surface area contributed by atoms with E-state index in [1.165, 1.54) is 17.0 Å². The van der Waals surface area contributed by atoms with Crippen LogP contribution in [0.3, 0.4) is 0 Å². The van der Waals surface area contributed by atoms with Crippen molar-refractivity contribution in [2.45, 2.75) is 45.7 Å². The maximum atomic E-state index is 13.2. The Morgan fingerprint density at radius 2 is 2.05 bits per heavy atom. The van der Waals surface area contributed by atoms with Crippen LogP contribution in [0.25, 0.3) is 0 Å². The molecular weight excluding hydrogens is 259 g/mol. The molecule has 2 unspecified atom stereocenters. The maximum Gasteiger partial charge on any atom is 0.250 e. The summed E-state index contributed by atoms with van der Waals surface area (Å²) >= 11 is 0. The fourth-order valence-electron chi connectivity index (χ4n) is 2.53. The second-order valence-corrected chi connectivity index (χ2v) is 5.16. The summed E-state index contributed by atoms with van der Waals surface area (Å²) in [7, 11) is 0. The smallest absolute Gasteiger partial charge is 0.250 e. The Kier molecular flexibility index (Phi) is 4.06. The molecule has 1 fully saturated rings. The first-order chi connectivity index (χ1) is 9.45. The molecule has 1 aliphatic heterocycles. The molecule has 108 valence electrons. The Morgan fingerprint density at radius 3 is 2.65 bits per heavy atom. The van der Waals surface area contributed by atoms with Crippen LogP contribution in [0, 0.1) is 12.7 Å². The number of aryl methyl sites for hydroxylation is 1. The van der Waals surface area contributed by atoms with Gasteiger partial charge in [-0.05, 0) is 44.0 Å². The molecule has 1 N–H and O–H groups in total. The number of carbonyl (C=O) groups is 2. The van der Waals surface area contributed by atoms with Crippen LogP contribution in [-0.4, -0.2) is 23.9 Å². The lowest BCUT2D eigenvalue weighted by atomic mass is 10.0. The van der Waals surface area contributed by atoms with Crippen molar-refractivity contribution < 1.29 is 14.0 Å². The topological polar surface area (TPSA) is 49.4 Å². The monoisotopic (exact) mass is 278 g/mol. The van der Waals surface area contributed by atoms with Crippen LogP contribution in [0.5, 0.6) is 0 Å². The number of nitrogens with one attached hydrogen (secondary N) is 1. The average Bonchev–Trinajstić information content (AvgIpc) is 2.39. The second kappa shape index (κ2) is 5.61. The van der Waals surface area contributed by atoms with E-state index in [4.69, 9.17) is 0 Å². The van der Waals surface area contributed by atoms with Crippen molar-refractivity contribution in [3.05, 3.63) is 29.6 Å². The van der Waals surface area contributed by atoms with E-state index in [0.29, 0.717) is 17.7 Å². The van der Waals surface area contributed by atoms with Crippen LogP contribution in [0.2, 0.25) is 0 Å². The summed E-state index contributed by atoms with van der Waals surface area (Å²) in [6, 6.07) is 3.16. The number of nitrogens with zero attached hydrogens (tertiary/aromatic N) is 1. The molecule has 4 nitrogen and oxygen atoms in total. The zero-order chi connectivity index (χ0) is 14.9. The zero-order valence-electron chi connectivity index (χ0n) is 11.9. The summed E-state index contributed by atoms with van der Waals surface area (Å²) in [5.74, 6) is -0.654. The van der Waals surface area contributed by atoms with Crippen molar-refractivity contribution in [2.24, 2.45) is 0 Å². The number of halogens is 1. The van der Waals surface area contributed by atoms with Crippen LogP contribution >= 0.6 is 0 Å². The van der Waals surface area contributed by atoms with Gasteiger partial charge in [0.15, 0.2) is 0 Å². The van der Waals surface area contributed by atoms with E-state index in [9.17, 15) is 14.0 Å². The van der Waals surface area contributed by atoms with Crippen LogP contribution in [-0.2, 0) is 9.59 Å². The normalized spacial score (nSPS) is 22.9. The summed E-state index contributed by atoms with van der Waals surface area (Å²) in [5.41, 5.74) is 1.25. The molecular formula is C15H19FN2O2. The highest BCUT2D eigenvalue weighted by Crippen LogP contribution is 2.26. The van der Waals surface area contributed by atoms with Gasteiger partial charge in [-0.3, -0.25) is 14.5 Å². The number of carbonyl (C=O) groups excluding carboxylic acids is 2. The predicted octanol–water partition coefficient (Wildman–Crippen LogP) is 2.15. The number of rotatable bonds is 3. The van der Waals surface area contributed by atoms with E-state index >= 15 is 0 Å². The van der Waals surface area contributed by atoms with Crippen LogP contribution in [0.4, 0.5) is 10.1 Å². The standard InChI is InChI=1S/C15H19FN2O2/c1-4-5-12-15(20)18(10(3)14(19)17-12)13-7-6-11(16)8-9(13)2/h6-8,10,12H,4-5H2,1-3H3,(H,17,19). The number of anilines is 1. The van der Waals surface area contributed by atoms with Gasteiger partial charge in [0.1, 0.15) is 17.9 Å². The molecule has 0 aromatic heterocycles. The molecule has 2 atom stereocenters. The quantitative estimate of drug-likeness (QED) is 0.921. The Labute approximate surface area is 118 Å². The van der Waals surface area contributed by atoms with Gasteiger partial charge in [0.2, 0.25) is 11.8 Å². The van der Waals surface area contributed by atoms with Crippen LogP contribution in [0.1, 0.15) is 32.3 Å². The zero-order valence-corrected chi connectivity index (χ0v) is 11.9. The lowest BCUT2D eigenvalue weighted by Crippen LogP contribution is -2.62. The van der Waals surface area contributed by atoms with Gasteiger partial charge >= 0.3 is 0 Å². The lowest BCUT2D eigenvalue weighted by Gasteiger charge is -2.38. The molecule has 1 aromatic rings. The molecule has 1 aromatic carbocycles. The van der Waals surface area contributed by atoms with E-state index in [2.05, 4.69) is 5.32 Å². The van der Waals surface area contributed by atoms with Crippen LogP contribution < -0.4 is 10.2 Å². The van der Waals surface area contributed by atoms with Crippen LogP contribution in [0.15, 0.2) is 18.2 Å². The molecule has 0 radical (unpaired) electrons. The minimum Gasteiger partial charge on any atom is -0.342 e. The van der Waals surface area contributed by atoms with E-state index in [-0.39, 0.29) is 17.6 Å². The summed E-state index contributed by atoms with van der Waals surface area (Å²) in [6.45, 7) is 5.38. The predicted molar refractivity (Wildman–Crippen MR) is 74.9 cm³/mol. The molecule has 0 bridgehead atoms. The van der Waals surface area contributed by atoms with Gasteiger partial charge in [-0.15, -0.1) is 0 Å². The fraction of sp³-hybridized carbons (Fsp3) is 0.467. The Hall–Kier alpha value is -1.91. The molecule has 2 amide bonds. The van der Waals surface area contributed by atoms with Crippen molar-refractivity contribution in [3.63, 3.8) is 0 Å². The van der Waals surface area contributed by atoms with Gasteiger partial charge in [-0.1, -0.05) is 13.3 Å². The molecule has 1 heterocycles. The molecule has 2 rings (SSSR count). The largest absolute Gasteiger partial charge is 0.342 e. The van der Waals surface area contributed by atoms with Gasteiger partial charge in [0.25, 0.3) is 0 Å². The highest BCUT2D eigenvalue weighted by molar-refractivity contribution is 6.08. The first-order valence-electron chi connectivity index (χ1n) is 6.85. The van der Waals surface area contributed by atoms with Gasteiger partial charge in [0.05, 0.1) is 0 Å². The highest BCUT2D eigenvalue weighted by atomic mass is 19.1. The van der Waals surface area contributed by atoms with Crippen molar-refractivity contribution in [1.29, 1.82) is 0 Å².